The van der Waals surface area contributed by atoms with E-state index >= 15 is 0 Å². The molecule has 1 atom stereocenters. The molecule has 0 bridgehead atoms. The summed E-state index contributed by atoms with van der Waals surface area (Å²) in [6.45, 7) is 4.56. The molecular weight excluding hydrogens is 388 g/mol. The normalized spacial score (nSPS) is 12.2. The number of nitrogens with zero attached hydrogens (tertiary/aromatic N) is 5. The van der Waals surface area contributed by atoms with E-state index < -0.39 is 0 Å². The van der Waals surface area contributed by atoms with Crippen LogP contribution in [0.3, 0.4) is 0 Å². The maximum atomic E-state index is 6.14. The van der Waals surface area contributed by atoms with Crippen molar-refractivity contribution in [2.75, 3.05) is 32.6 Å². The number of likely N-dealkylation sites (N-methyl/N-ethyl adjacent to an activating group) is 1. The lowest BCUT2D eigenvalue weighted by Gasteiger charge is -2.18. The van der Waals surface area contributed by atoms with Gasteiger partial charge in [-0.25, -0.2) is 4.68 Å². The first-order chi connectivity index (χ1) is 15.0. The predicted octanol–water partition coefficient (Wildman–Crippen LogP) is 3.84. The van der Waals surface area contributed by atoms with Crippen LogP contribution >= 0.6 is 0 Å². The number of aryl methyl sites for hydroxylation is 2. The van der Waals surface area contributed by atoms with Crippen LogP contribution in [0.15, 0.2) is 54.6 Å². The molecule has 0 aliphatic carbocycles. The molecule has 160 valence electrons. The van der Waals surface area contributed by atoms with Gasteiger partial charge in [0, 0.05) is 20.2 Å². The number of fused-ring (bicyclic) bond motifs is 1. The lowest BCUT2D eigenvalue weighted by molar-refractivity contribution is 0.273. The molecule has 2 aromatic heterocycles. The van der Waals surface area contributed by atoms with Gasteiger partial charge < -0.3 is 15.0 Å². The first-order valence-electron chi connectivity index (χ1n) is 10.3. The van der Waals surface area contributed by atoms with Gasteiger partial charge in [-0.15, -0.1) is 5.10 Å². The molecule has 0 spiro atoms. The maximum Gasteiger partial charge on any atom is 0.179 e. The lowest BCUT2D eigenvalue weighted by Crippen LogP contribution is -2.23. The van der Waals surface area contributed by atoms with E-state index in [-0.39, 0.29) is 6.04 Å². The zero-order valence-electron chi connectivity index (χ0n) is 18.6. The van der Waals surface area contributed by atoms with Crippen molar-refractivity contribution < 1.29 is 4.74 Å². The van der Waals surface area contributed by atoms with Crippen LogP contribution < -0.4 is 15.0 Å². The third kappa shape index (κ3) is 4.09. The molecule has 4 aromatic rings. The minimum atomic E-state index is 0.112. The summed E-state index contributed by atoms with van der Waals surface area (Å²) in [5, 5.41) is 17.9. The maximum absolute atomic E-state index is 6.14. The van der Waals surface area contributed by atoms with Crippen molar-refractivity contribution in [2.24, 2.45) is 0 Å². The van der Waals surface area contributed by atoms with Crippen molar-refractivity contribution in [3.05, 3.63) is 71.5 Å². The van der Waals surface area contributed by atoms with Crippen LogP contribution in [0.1, 0.15) is 23.0 Å². The minimum absolute atomic E-state index is 0.112. The summed E-state index contributed by atoms with van der Waals surface area (Å²) in [6, 6.07) is 18.4. The number of hydrogen-bond acceptors (Lipinski definition) is 6. The van der Waals surface area contributed by atoms with Crippen LogP contribution in [0, 0.1) is 13.8 Å². The van der Waals surface area contributed by atoms with Crippen LogP contribution in [-0.2, 0) is 0 Å². The van der Waals surface area contributed by atoms with Crippen molar-refractivity contribution in [1.29, 1.82) is 0 Å². The highest BCUT2D eigenvalue weighted by Crippen LogP contribution is 2.29. The number of benzene rings is 2. The molecule has 2 aromatic carbocycles. The van der Waals surface area contributed by atoms with E-state index in [9.17, 15) is 0 Å². The summed E-state index contributed by atoms with van der Waals surface area (Å²) in [5.41, 5.74) is 4.88. The molecular formula is C24H28N6O. The highest BCUT2D eigenvalue weighted by Gasteiger charge is 2.18. The fraction of sp³-hybridized carbons (Fsp3) is 0.292. The number of nitrogens with one attached hydrogen (secondary N) is 1. The molecule has 31 heavy (non-hydrogen) atoms. The zero-order valence-corrected chi connectivity index (χ0v) is 18.6. The number of anilines is 1. The Hall–Kier alpha value is -3.45. The Labute approximate surface area is 182 Å². The second kappa shape index (κ2) is 8.73. The zero-order chi connectivity index (χ0) is 22.0. The first-order valence-corrected chi connectivity index (χ1v) is 10.3. The standard InChI is InChI=1S/C24H28N6O/c1-16-22-17(2)30(28-23(22)24(27-26-16)29(4)5)19-12-9-13-20(14-19)31-15-21(25-3)18-10-7-6-8-11-18/h6-14,21,25H,15H2,1-5H3. The summed E-state index contributed by atoms with van der Waals surface area (Å²) in [7, 11) is 5.85. The number of aromatic nitrogens is 4. The molecule has 0 aliphatic rings. The predicted molar refractivity (Wildman–Crippen MR) is 124 cm³/mol. The molecule has 1 N–H and O–H groups in total. The smallest absolute Gasteiger partial charge is 0.179 e. The van der Waals surface area contributed by atoms with Crippen molar-refractivity contribution in [1.82, 2.24) is 25.3 Å². The topological polar surface area (TPSA) is 68.1 Å². The van der Waals surface area contributed by atoms with Gasteiger partial charge in [-0.2, -0.15) is 10.2 Å². The summed E-state index contributed by atoms with van der Waals surface area (Å²) >= 11 is 0. The molecule has 7 heteroatoms. The highest BCUT2D eigenvalue weighted by atomic mass is 16.5. The van der Waals surface area contributed by atoms with E-state index in [0.29, 0.717) is 6.61 Å². The van der Waals surface area contributed by atoms with Gasteiger partial charge in [0.2, 0.25) is 0 Å². The van der Waals surface area contributed by atoms with Gasteiger partial charge in [-0.1, -0.05) is 36.4 Å². The van der Waals surface area contributed by atoms with Crippen molar-refractivity contribution in [3.8, 4) is 11.4 Å². The quantitative estimate of drug-likeness (QED) is 0.494. The van der Waals surface area contributed by atoms with Gasteiger partial charge in [0.1, 0.15) is 17.9 Å². The largest absolute Gasteiger partial charge is 0.492 e. The highest BCUT2D eigenvalue weighted by molar-refractivity contribution is 5.92. The lowest BCUT2D eigenvalue weighted by atomic mass is 10.1. The van der Waals surface area contributed by atoms with Gasteiger partial charge in [-0.05, 0) is 38.6 Å². The second-order valence-corrected chi connectivity index (χ2v) is 7.78. The van der Waals surface area contributed by atoms with Gasteiger partial charge in [0.05, 0.1) is 28.5 Å². The molecule has 2 heterocycles. The van der Waals surface area contributed by atoms with E-state index in [1.165, 1.54) is 5.56 Å². The first kappa shape index (κ1) is 20.8. The van der Waals surface area contributed by atoms with Crippen molar-refractivity contribution in [3.63, 3.8) is 0 Å². The van der Waals surface area contributed by atoms with Crippen molar-refractivity contribution >= 4 is 16.7 Å². The fourth-order valence-electron chi connectivity index (χ4n) is 3.78. The Morgan fingerprint density at radius 2 is 1.81 bits per heavy atom. The monoisotopic (exact) mass is 416 g/mol. The van der Waals surface area contributed by atoms with Gasteiger partial charge in [0.15, 0.2) is 5.82 Å². The summed E-state index contributed by atoms with van der Waals surface area (Å²) in [6.07, 6.45) is 0. The summed E-state index contributed by atoms with van der Waals surface area (Å²) in [5.74, 6) is 1.56. The Morgan fingerprint density at radius 1 is 1.03 bits per heavy atom. The Bertz CT molecular complexity index is 1190. The number of rotatable bonds is 7. The molecule has 0 fully saturated rings. The Balaban J connectivity index is 1.64. The molecule has 0 amide bonds. The van der Waals surface area contributed by atoms with Crippen LogP contribution in [-0.4, -0.2) is 47.7 Å². The molecule has 4 rings (SSSR count). The molecule has 0 saturated heterocycles. The molecule has 1 unspecified atom stereocenters. The molecule has 0 radical (unpaired) electrons. The molecule has 0 aliphatic heterocycles. The van der Waals surface area contributed by atoms with Crippen molar-refractivity contribution in [2.45, 2.75) is 19.9 Å². The van der Waals surface area contributed by atoms with E-state index in [2.05, 4.69) is 34.6 Å². The summed E-state index contributed by atoms with van der Waals surface area (Å²) in [4.78, 5) is 1.94. The van der Waals surface area contributed by atoms with E-state index in [0.717, 1.165) is 39.5 Å². The average Bonchev–Trinajstić information content (AvgIpc) is 3.13. The third-order valence-corrected chi connectivity index (χ3v) is 5.44. The SMILES string of the molecule is CNC(COc1cccc(-n2nc3c(N(C)C)nnc(C)c3c2C)c1)c1ccccc1. The van der Waals surface area contributed by atoms with Crippen LogP contribution in [0.5, 0.6) is 5.75 Å². The number of ether oxygens (including phenoxy) is 1. The Morgan fingerprint density at radius 3 is 2.52 bits per heavy atom. The second-order valence-electron chi connectivity index (χ2n) is 7.78. The molecule has 7 nitrogen and oxygen atoms in total. The van der Waals surface area contributed by atoms with Gasteiger partial charge in [0.25, 0.3) is 0 Å². The van der Waals surface area contributed by atoms with Gasteiger partial charge in [-0.3, -0.25) is 0 Å². The van der Waals surface area contributed by atoms with E-state index in [1.807, 2.05) is 80.1 Å². The van der Waals surface area contributed by atoms with E-state index in [4.69, 9.17) is 9.84 Å². The summed E-state index contributed by atoms with van der Waals surface area (Å²) < 4.78 is 8.08. The van der Waals surface area contributed by atoms with E-state index in [1.54, 1.807) is 0 Å². The number of hydrogen-bond donors (Lipinski definition) is 1. The fourth-order valence-corrected chi connectivity index (χ4v) is 3.78. The Kier molecular flexibility index (Phi) is 5.86. The van der Waals surface area contributed by atoms with Crippen LogP contribution in [0.25, 0.3) is 16.6 Å². The van der Waals surface area contributed by atoms with Gasteiger partial charge >= 0.3 is 0 Å². The third-order valence-electron chi connectivity index (χ3n) is 5.44. The minimum Gasteiger partial charge on any atom is -0.492 e. The molecule has 0 saturated carbocycles. The van der Waals surface area contributed by atoms with Crippen LogP contribution in [0.2, 0.25) is 0 Å². The van der Waals surface area contributed by atoms with Crippen LogP contribution in [0.4, 0.5) is 5.82 Å². The average molecular weight is 417 g/mol.